The second-order valence-corrected chi connectivity index (χ2v) is 7.27. The van der Waals surface area contributed by atoms with Crippen molar-refractivity contribution in [3.05, 3.63) is 64.7 Å². The summed E-state index contributed by atoms with van der Waals surface area (Å²) in [6.07, 6.45) is 0. The normalized spacial score (nSPS) is 10.7. The van der Waals surface area contributed by atoms with Crippen LogP contribution >= 0.6 is 0 Å². The summed E-state index contributed by atoms with van der Waals surface area (Å²) in [5.74, 6) is -0.146. The Morgan fingerprint density at radius 3 is 2.15 bits per heavy atom. The molecule has 1 N–H and O–H groups in total. The number of nitrogens with one attached hydrogen (secondary N) is 1. The minimum atomic E-state index is -0.133. The van der Waals surface area contributed by atoms with E-state index in [1.165, 1.54) is 11.1 Å². The lowest BCUT2D eigenvalue weighted by Crippen LogP contribution is -2.39. The van der Waals surface area contributed by atoms with Crippen LogP contribution in [0.5, 0.6) is 0 Å². The molecule has 0 aliphatic heterocycles. The monoisotopic (exact) mass is 367 g/mol. The molecule has 2 rings (SSSR count). The summed E-state index contributed by atoms with van der Waals surface area (Å²) in [5.41, 5.74) is 5.43. The zero-order chi connectivity index (χ0) is 20.0. The van der Waals surface area contributed by atoms with Gasteiger partial charge in [-0.1, -0.05) is 41.5 Å². The molecule has 144 valence electrons. The summed E-state index contributed by atoms with van der Waals surface area (Å²) >= 11 is 0. The Bertz CT molecular complexity index is 800. The third-order valence-electron chi connectivity index (χ3n) is 4.49. The molecule has 2 aromatic carbocycles. The van der Waals surface area contributed by atoms with Crippen LogP contribution in [0, 0.1) is 20.8 Å². The number of rotatable bonds is 7. The van der Waals surface area contributed by atoms with Crippen LogP contribution in [0.3, 0.4) is 0 Å². The van der Waals surface area contributed by atoms with Gasteiger partial charge in [-0.25, -0.2) is 0 Å². The molecule has 2 aromatic rings. The molecule has 0 radical (unpaired) electrons. The molecule has 0 aliphatic rings. The highest BCUT2D eigenvalue weighted by Crippen LogP contribution is 2.13. The van der Waals surface area contributed by atoms with E-state index in [0.717, 1.165) is 16.8 Å². The summed E-state index contributed by atoms with van der Waals surface area (Å²) in [7, 11) is 3.57. The van der Waals surface area contributed by atoms with Crippen LogP contribution in [0.2, 0.25) is 0 Å². The Kier molecular flexibility index (Phi) is 7.13. The standard InChI is InChI=1S/C22H29N3O2/c1-16-7-10-20(11-8-16)23-21(26)14-24(4)15-22(27)25(5)13-19-9-6-17(2)12-18(19)3/h6-12H,13-15H2,1-5H3,(H,23,26). The minimum absolute atomic E-state index is 0.0133. The summed E-state index contributed by atoms with van der Waals surface area (Å²) in [5, 5.41) is 2.85. The van der Waals surface area contributed by atoms with E-state index in [1.54, 1.807) is 23.9 Å². The van der Waals surface area contributed by atoms with Crippen molar-refractivity contribution < 1.29 is 9.59 Å². The van der Waals surface area contributed by atoms with Gasteiger partial charge >= 0.3 is 0 Å². The fourth-order valence-corrected chi connectivity index (χ4v) is 2.86. The Hall–Kier alpha value is -2.66. The molecule has 0 spiro atoms. The first-order valence-corrected chi connectivity index (χ1v) is 9.10. The van der Waals surface area contributed by atoms with Crippen molar-refractivity contribution in [2.75, 3.05) is 32.5 Å². The lowest BCUT2D eigenvalue weighted by atomic mass is 10.1. The molecule has 0 unspecified atom stereocenters. The van der Waals surface area contributed by atoms with Crippen LogP contribution in [0.25, 0.3) is 0 Å². The van der Waals surface area contributed by atoms with Crippen LogP contribution in [-0.2, 0) is 16.1 Å². The van der Waals surface area contributed by atoms with Gasteiger partial charge in [0.05, 0.1) is 13.1 Å². The predicted molar refractivity (Wildman–Crippen MR) is 110 cm³/mol. The Labute approximate surface area is 162 Å². The van der Waals surface area contributed by atoms with E-state index < -0.39 is 0 Å². The molecule has 5 nitrogen and oxygen atoms in total. The van der Waals surface area contributed by atoms with Gasteiger partial charge in [-0.2, -0.15) is 0 Å². The number of amides is 2. The van der Waals surface area contributed by atoms with Gasteiger partial charge < -0.3 is 10.2 Å². The van der Waals surface area contributed by atoms with Gasteiger partial charge in [-0.15, -0.1) is 0 Å². The number of nitrogens with zero attached hydrogens (tertiary/aromatic N) is 2. The molecule has 0 saturated carbocycles. The molecule has 27 heavy (non-hydrogen) atoms. The highest BCUT2D eigenvalue weighted by Gasteiger charge is 2.15. The molecule has 0 aromatic heterocycles. The first kappa shape index (κ1) is 20.6. The molecule has 5 heteroatoms. The second-order valence-electron chi connectivity index (χ2n) is 7.27. The SMILES string of the molecule is Cc1ccc(NC(=O)CN(C)CC(=O)N(C)Cc2ccc(C)cc2C)cc1. The van der Waals surface area contributed by atoms with Gasteiger partial charge in [-0.05, 0) is 51.1 Å². The van der Waals surface area contributed by atoms with Gasteiger partial charge in [0.1, 0.15) is 0 Å². The summed E-state index contributed by atoms with van der Waals surface area (Å²) < 4.78 is 0. The maximum Gasteiger partial charge on any atom is 0.238 e. The third kappa shape index (κ3) is 6.53. The zero-order valence-electron chi connectivity index (χ0n) is 16.9. The van der Waals surface area contributed by atoms with Gasteiger partial charge in [0.2, 0.25) is 11.8 Å². The quantitative estimate of drug-likeness (QED) is 0.818. The lowest BCUT2D eigenvalue weighted by Gasteiger charge is -2.22. The number of hydrogen-bond donors (Lipinski definition) is 1. The van der Waals surface area contributed by atoms with Crippen LogP contribution < -0.4 is 5.32 Å². The Morgan fingerprint density at radius 1 is 0.889 bits per heavy atom. The molecule has 0 bridgehead atoms. The number of likely N-dealkylation sites (N-methyl/N-ethyl adjacent to an activating group) is 2. The number of hydrogen-bond acceptors (Lipinski definition) is 3. The predicted octanol–water partition coefficient (Wildman–Crippen LogP) is 3.14. The highest BCUT2D eigenvalue weighted by molar-refractivity contribution is 5.92. The average Bonchev–Trinajstić information content (AvgIpc) is 2.59. The summed E-state index contributed by atoms with van der Waals surface area (Å²) in [4.78, 5) is 28.0. The van der Waals surface area contributed by atoms with Crippen molar-refractivity contribution in [2.24, 2.45) is 0 Å². The van der Waals surface area contributed by atoms with E-state index in [-0.39, 0.29) is 24.9 Å². The minimum Gasteiger partial charge on any atom is -0.340 e. The van der Waals surface area contributed by atoms with Crippen molar-refractivity contribution in [1.29, 1.82) is 0 Å². The summed E-state index contributed by atoms with van der Waals surface area (Å²) in [6.45, 7) is 7.04. The largest absolute Gasteiger partial charge is 0.340 e. The highest BCUT2D eigenvalue weighted by atomic mass is 16.2. The second kappa shape index (κ2) is 9.33. The Morgan fingerprint density at radius 2 is 1.52 bits per heavy atom. The maximum absolute atomic E-state index is 12.5. The van der Waals surface area contributed by atoms with E-state index >= 15 is 0 Å². The molecule has 0 atom stereocenters. The van der Waals surface area contributed by atoms with Crippen molar-refractivity contribution >= 4 is 17.5 Å². The van der Waals surface area contributed by atoms with Crippen molar-refractivity contribution in [3.63, 3.8) is 0 Å². The van der Waals surface area contributed by atoms with Gasteiger partial charge in [-0.3, -0.25) is 14.5 Å². The smallest absolute Gasteiger partial charge is 0.238 e. The number of aryl methyl sites for hydroxylation is 3. The number of benzene rings is 2. The van der Waals surface area contributed by atoms with Gasteiger partial charge in [0.15, 0.2) is 0 Å². The molecule has 0 heterocycles. The van der Waals surface area contributed by atoms with E-state index in [0.29, 0.717) is 6.54 Å². The van der Waals surface area contributed by atoms with Crippen LogP contribution in [-0.4, -0.2) is 48.8 Å². The van der Waals surface area contributed by atoms with Crippen LogP contribution in [0.4, 0.5) is 5.69 Å². The fourth-order valence-electron chi connectivity index (χ4n) is 2.86. The van der Waals surface area contributed by atoms with Crippen molar-refractivity contribution in [3.8, 4) is 0 Å². The number of carbonyl (C=O) groups is 2. The van der Waals surface area contributed by atoms with E-state index in [2.05, 4.69) is 37.4 Å². The maximum atomic E-state index is 12.5. The molecule has 0 fully saturated rings. The van der Waals surface area contributed by atoms with Crippen LogP contribution in [0.15, 0.2) is 42.5 Å². The first-order valence-electron chi connectivity index (χ1n) is 9.10. The van der Waals surface area contributed by atoms with Crippen molar-refractivity contribution in [2.45, 2.75) is 27.3 Å². The fraction of sp³-hybridized carbons (Fsp3) is 0.364. The van der Waals surface area contributed by atoms with Crippen molar-refractivity contribution in [1.82, 2.24) is 9.80 Å². The summed E-state index contributed by atoms with van der Waals surface area (Å²) in [6, 6.07) is 13.9. The molecule has 2 amide bonds. The average molecular weight is 367 g/mol. The molecule has 0 aliphatic carbocycles. The molecular weight excluding hydrogens is 338 g/mol. The van der Waals surface area contributed by atoms with Gasteiger partial charge in [0, 0.05) is 19.3 Å². The van der Waals surface area contributed by atoms with E-state index in [1.807, 2.05) is 31.2 Å². The third-order valence-corrected chi connectivity index (χ3v) is 4.49. The van der Waals surface area contributed by atoms with Gasteiger partial charge in [0.25, 0.3) is 0 Å². The molecular formula is C22H29N3O2. The topological polar surface area (TPSA) is 52.7 Å². The number of carbonyl (C=O) groups excluding carboxylic acids is 2. The number of anilines is 1. The first-order chi connectivity index (χ1) is 12.7. The van der Waals surface area contributed by atoms with Crippen LogP contribution in [0.1, 0.15) is 22.3 Å². The van der Waals surface area contributed by atoms with E-state index in [9.17, 15) is 9.59 Å². The lowest BCUT2D eigenvalue weighted by molar-refractivity contribution is -0.131. The Balaban J connectivity index is 1.83. The zero-order valence-corrected chi connectivity index (χ0v) is 16.9. The van der Waals surface area contributed by atoms with E-state index in [4.69, 9.17) is 0 Å². The molecule has 0 saturated heterocycles.